The molecule has 5 heteroatoms. The molecule has 0 radical (unpaired) electrons. The van der Waals surface area contributed by atoms with Gasteiger partial charge in [-0.3, -0.25) is 4.79 Å². The molecule has 0 saturated heterocycles. The molecule has 2 N–H and O–H groups in total. The molecule has 88 valence electrons. The Bertz CT molecular complexity index is 378. The van der Waals surface area contributed by atoms with E-state index in [1.54, 1.807) is 6.07 Å². The summed E-state index contributed by atoms with van der Waals surface area (Å²) in [6.45, 7) is 7.57. The van der Waals surface area contributed by atoms with E-state index in [0.29, 0.717) is 16.7 Å². The molecule has 1 aromatic rings. The lowest BCUT2D eigenvalue weighted by atomic mass is 9.92. The van der Waals surface area contributed by atoms with E-state index in [2.05, 4.69) is 9.97 Å². The highest BCUT2D eigenvalue weighted by molar-refractivity contribution is 7.99. The summed E-state index contributed by atoms with van der Waals surface area (Å²) >= 11 is 1.33. The molecule has 0 aliphatic heterocycles. The van der Waals surface area contributed by atoms with Gasteiger partial charge in [-0.05, 0) is 6.92 Å². The van der Waals surface area contributed by atoms with Crippen molar-refractivity contribution in [1.82, 2.24) is 9.97 Å². The third kappa shape index (κ3) is 3.81. The highest BCUT2D eigenvalue weighted by atomic mass is 32.2. The van der Waals surface area contributed by atoms with Crippen LogP contribution in [0.3, 0.4) is 0 Å². The van der Waals surface area contributed by atoms with Crippen molar-refractivity contribution in [3.8, 4) is 0 Å². The molecule has 0 aromatic carbocycles. The minimum Gasteiger partial charge on any atom is -0.384 e. The van der Waals surface area contributed by atoms with E-state index in [1.807, 2.05) is 27.7 Å². The topological polar surface area (TPSA) is 68.9 Å². The van der Waals surface area contributed by atoms with Crippen LogP contribution in [-0.2, 0) is 4.79 Å². The summed E-state index contributed by atoms with van der Waals surface area (Å²) < 4.78 is 0. The van der Waals surface area contributed by atoms with E-state index >= 15 is 0 Å². The first-order valence-corrected chi connectivity index (χ1v) is 6.05. The van der Waals surface area contributed by atoms with Gasteiger partial charge in [-0.2, -0.15) is 0 Å². The largest absolute Gasteiger partial charge is 0.384 e. The maximum absolute atomic E-state index is 11.7. The fourth-order valence-electron chi connectivity index (χ4n) is 0.976. The van der Waals surface area contributed by atoms with Crippen LogP contribution in [0.4, 0.5) is 5.82 Å². The Kier molecular flexibility index (Phi) is 3.91. The average molecular weight is 239 g/mol. The number of aromatic nitrogens is 2. The van der Waals surface area contributed by atoms with Crippen LogP contribution < -0.4 is 5.73 Å². The van der Waals surface area contributed by atoms with Crippen molar-refractivity contribution in [2.45, 2.75) is 32.9 Å². The predicted octanol–water partition coefficient (Wildman–Crippen LogP) is 2.07. The third-order valence-electron chi connectivity index (χ3n) is 2.02. The Morgan fingerprint density at radius 2 is 2.06 bits per heavy atom. The number of Topliss-reactive ketones (excluding diaryl/α,β-unsaturated/α-hetero) is 1. The average Bonchev–Trinajstić information content (AvgIpc) is 2.11. The zero-order valence-electron chi connectivity index (χ0n) is 10.1. The molecule has 0 spiro atoms. The number of thioether (sulfide) groups is 1. The van der Waals surface area contributed by atoms with E-state index in [0.717, 1.165) is 5.69 Å². The van der Waals surface area contributed by atoms with Gasteiger partial charge in [-0.15, -0.1) is 0 Å². The minimum absolute atomic E-state index is 0.182. The Morgan fingerprint density at radius 3 is 2.56 bits per heavy atom. The van der Waals surface area contributed by atoms with Crippen LogP contribution in [0.2, 0.25) is 0 Å². The molecule has 0 amide bonds. The molecule has 0 unspecified atom stereocenters. The molecule has 1 heterocycles. The monoisotopic (exact) mass is 239 g/mol. The normalized spacial score (nSPS) is 11.5. The number of anilines is 1. The van der Waals surface area contributed by atoms with E-state index in [1.165, 1.54) is 11.8 Å². The van der Waals surface area contributed by atoms with Crippen molar-refractivity contribution in [2.75, 3.05) is 11.5 Å². The third-order valence-corrected chi connectivity index (χ3v) is 2.87. The predicted molar refractivity (Wildman–Crippen MR) is 66.4 cm³/mol. The van der Waals surface area contributed by atoms with Gasteiger partial charge in [0.25, 0.3) is 0 Å². The number of aryl methyl sites for hydroxylation is 1. The summed E-state index contributed by atoms with van der Waals surface area (Å²) in [7, 11) is 0. The molecule has 4 nitrogen and oxygen atoms in total. The highest BCUT2D eigenvalue weighted by Crippen LogP contribution is 2.21. The summed E-state index contributed by atoms with van der Waals surface area (Å²) in [4.78, 5) is 20.0. The van der Waals surface area contributed by atoms with E-state index < -0.39 is 0 Å². The molecular formula is C11H17N3OS. The van der Waals surface area contributed by atoms with Gasteiger partial charge in [0.2, 0.25) is 0 Å². The number of carbonyl (C=O) groups is 1. The number of hydrogen-bond acceptors (Lipinski definition) is 5. The van der Waals surface area contributed by atoms with Crippen molar-refractivity contribution in [3.05, 3.63) is 11.8 Å². The molecule has 0 saturated carbocycles. The van der Waals surface area contributed by atoms with Crippen LogP contribution in [0.25, 0.3) is 0 Å². The van der Waals surface area contributed by atoms with Crippen LogP contribution in [0.5, 0.6) is 0 Å². The van der Waals surface area contributed by atoms with Gasteiger partial charge in [0.1, 0.15) is 11.6 Å². The molecule has 16 heavy (non-hydrogen) atoms. The second-order valence-corrected chi connectivity index (χ2v) is 5.62. The van der Waals surface area contributed by atoms with Gasteiger partial charge in [0.15, 0.2) is 5.16 Å². The van der Waals surface area contributed by atoms with Gasteiger partial charge >= 0.3 is 0 Å². The number of rotatable bonds is 3. The fraction of sp³-hybridized carbons (Fsp3) is 0.545. The van der Waals surface area contributed by atoms with Crippen LogP contribution in [0, 0.1) is 12.3 Å². The number of carbonyl (C=O) groups excluding carboxylic acids is 1. The van der Waals surface area contributed by atoms with Crippen molar-refractivity contribution >= 4 is 23.4 Å². The van der Waals surface area contributed by atoms with Crippen LogP contribution in [0.15, 0.2) is 11.2 Å². The number of nitrogens with two attached hydrogens (primary N) is 1. The van der Waals surface area contributed by atoms with Crippen molar-refractivity contribution in [1.29, 1.82) is 0 Å². The van der Waals surface area contributed by atoms with Gasteiger partial charge < -0.3 is 5.73 Å². The maximum atomic E-state index is 11.7. The standard InChI is InChI=1S/C11H17N3OS/c1-7-5-9(12)14-10(13-7)16-6-8(15)11(2,3)4/h5H,6H2,1-4H3,(H2,12,13,14). The Balaban J connectivity index is 2.65. The second kappa shape index (κ2) is 4.82. The molecular weight excluding hydrogens is 222 g/mol. The Hall–Kier alpha value is -1.10. The number of hydrogen-bond donors (Lipinski definition) is 1. The molecule has 1 rings (SSSR count). The zero-order chi connectivity index (χ0) is 12.3. The maximum Gasteiger partial charge on any atom is 0.190 e. The van der Waals surface area contributed by atoms with Crippen LogP contribution >= 0.6 is 11.8 Å². The van der Waals surface area contributed by atoms with E-state index in [-0.39, 0.29) is 11.2 Å². The lowest BCUT2D eigenvalue weighted by Gasteiger charge is -2.15. The van der Waals surface area contributed by atoms with Gasteiger partial charge in [0, 0.05) is 17.2 Å². The smallest absolute Gasteiger partial charge is 0.190 e. The van der Waals surface area contributed by atoms with Crippen LogP contribution in [0.1, 0.15) is 26.5 Å². The first-order chi connectivity index (χ1) is 7.29. The zero-order valence-corrected chi connectivity index (χ0v) is 10.9. The SMILES string of the molecule is Cc1cc(N)nc(SCC(=O)C(C)(C)C)n1. The number of nitrogens with zero attached hydrogens (tertiary/aromatic N) is 2. The number of ketones is 1. The van der Waals surface area contributed by atoms with E-state index in [4.69, 9.17) is 5.73 Å². The van der Waals surface area contributed by atoms with Gasteiger partial charge in [-0.1, -0.05) is 32.5 Å². The second-order valence-electron chi connectivity index (χ2n) is 4.68. The van der Waals surface area contributed by atoms with Gasteiger partial charge in [0.05, 0.1) is 5.75 Å². The molecule has 0 bridgehead atoms. The molecule has 0 aliphatic carbocycles. The first kappa shape index (κ1) is 13.0. The van der Waals surface area contributed by atoms with E-state index in [9.17, 15) is 4.79 Å². The molecule has 1 aromatic heterocycles. The van der Waals surface area contributed by atoms with Gasteiger partial charge in [-0.25, -0.2) is 9.97 Å². The molecule has 0 aliphatic rings. The lowest BCUT2D eigenvalue weighted by Crippen LogP contribution is -2.22. The van der Waals surface area contributed by atoms with Crippen molar-refractivity contribution in [3.63, 3.8) is 0 Å². The van der Waals surface area contributed by atoms with Crippen molar-refractivity contribution in [2.24, 2.45) is 5.41 Å². The summed E-state index contributed by atoms with van der Waals surface area (Å²) in [5, 5.41) is 0.565. The summed E-state index contributed by atoms with van der Waals surface area (Å²) in [6, 6.07) is 1.70. The lowest BCUT2D eigenvalue weighted by molar-refractivity contribution is -0.123. The van der Waals surface area contributed by atoms with Crippen LogP contribution in [-0.4, -0.2) is 21.5 Å². The first-order valence-electron chi connectivity index (χ1n) is 5.06. The highest BCUT2D eigenvalue weighted by Gasteiger charge is 2.21. The quantitative estimate of drug-likeness (QED) is 0.646. The molecule has 0 atom stereocenters. The summed E-state index contributed by atoms with van der Waals surface area (Å²) in [6.07, 6.45) is 0. The Labute approximate surface area is 100 Å². The fourth-order valence-corrected chi connectivity index (χ4v) is 2.05. The Morgan fingerprint density at radius 1 is 1.44 bits per heavy atom. The molecule has 0 fully saturated rings. The van der Waals surface area contributed by atoms with Crippen molar-refractivity contribution < 1.29 is 4.79 Å². The minimum atomic E-state index is -0.317. The summed E-state index contributed by atoms with van der Waals surface area (Å²) in [5.74, 6) is 1.01. The summed E-state index contributed by atoms with van der Waals surface area (Å²) in [5.41, 5.74) is 6.10. The number of nitrogen functional groups attached to an aromatic ring is 1.